The second-order valence-corrected chi connectivity index (χ2v) is 5.79. The first kappa shape index (κ1) is 18.7. The Morgan fingerprint density at radius 1 is 1.42 bits per heavy atom. The molecule has 0 unspecified atom stereocenters. The zero-order valence-corrected chi connectivity index (χ0v) is 13.2. The van der Waals surface area contributed by atoms with Crippen LogP contribution in [0.3, 0.4) is 0 Å². The van der Waals surface area contributed by atoms with Gasteiger partial charge in [0.15, 0.2) is 0 Å². The summed E-state index contributed by atoms with van der Waals surface area (Å²) in [5, 5.41) is 0. The van der Waals surface area contributed by atoms with Gasteiger partial charge in [-0.05, 0) is 24.7 Å². The average molecular weight is 293 g/mol. The standard InChI is InChI=1S/C14H28N2O2.ClH/c1-11(2)10-16(7-8-18-3)14(17)9-12-5-4-6-13(12)15;/h11-13H,4-10,15H2,1-3H3;1H/t12-,13+;/m0./s1. The number of halogens is 1. The van der Waals surface area contributed by atoms with Crippen LogP contribution in [-0.2, 0) is 9.53 Å². The third-order valence-electron chi connectivity index (χ3n) is 3.66. The molecule has 1 amide bonds. The van der Waals surface area contributed by atoms with Crippen molar-refractivity contribution in [3.05, 3.63) is 0 Å². The van der Waals surface area contributed by atoms with Crippen LogP contribution in [0.5, 0.6) is 0 Å². The lowest BCUT2D eigenvalue weighted by molar-refractivity contribution is -0.133. The van der Waals surface area contributed by atoms with E-state index in [1.54, 1.807) is 7.11 Å². The molecular weight excluding hydrogens is 264 g/mol. The highest BCUT2D eigenvalue weighted by Gasteiger charge is 2.28. The predicted molar refractivity (Wildman–Crippen MR) is 80.5 cm³/mol. The van der Waals surface area contributed by atoms with Crippen molar-refractivity contribution in [3.63, 3.8) is 0 Å². The molecule has 0 aliphatic heterocycles. The molecule has 19 heavy (non-hydrogen) atoms. The van der Waals surface area contributed by atoms with Gasteiger partial charge in [0.25, 0.3) is 0 Å². The highest BCUT2D eigenvalue weighted by atomic mass is 35.5. The normalized spacial score (nSPS) is 22.4. The first-order chi connectivity index (χ1) is 8.54. The fraction of sp³-hybridized carbons (Fsp3) is 0.929. The van der Waals surface area contributed by atoms with Crippen LogP contribution in [-0.4, -0.2) is 43.7 Å². The number of nitrogens with two attached hydrogens (primary N) is 1. The van der Waals surface area contributed by atoms with E-state index in [1.807, 2.05) is 4.90 Å². The van der Waals surface area contributed by atoms with Gasteiger partial charge in [0.2, 0.25) is 5.91 Å². The van der Waals surface area contributed by atoms with E-state index < -0.39 is 0 Å². The van der Waals surface area contributed by atoms with Crippen molar-refractivity contribution in [1.29, 1.82) is 0 Å². The van der Waals surface area contributed by atoms with Crippen LogP contribution in [0.2, 0.25) is 0 Å². The van der Waals surface area contributed by atoms with Crippen molar-refractivity contribution in [2.24, 2.45) is 17.6 Å². The molecule has 0 radical (unpaired) electrons. The summed E-state index contributed by atoms with van der Waals surface area (Å²) in [6.07, 6.45) is 3.95. The number of rotatable bonds is 7. The first-order valence-corrected chi connectivity index (χ1v) is 7.07. The maximum absolute atomic E-state index is 12.3. The average Bonchev–Trinajstić information content (AvgIpc) is 2.70. The lowest BCUT2D eigenvalue weighted by atomic mass is 9.99. The Hall–Kier alpha value is -0.320. The van der Waals surface area contributed by atoms with E-state index in [4.69, 9.17) is 10.5 Å². The van der Waals surface area contributed by atoms with Gasteiger partial charge >= 0.3 is 0 Å². The monoisotopic (exact) mass is 292 g/mol. The number of carbonyl (C=O) groups is 1. The van der Waals surface area contributed by atoms with E-state index in [1.165, 1.54) is 6.42 Å². The van der Waals surface area contributed by atoms with Gasteiger partial charge in [0.05, 0.1) is 6.61 Å². The molecule has 114 valence electrons. The fourth-order valence-corrected chi connectivity index (χ4v) is 2.63. The molecule has 0 saturated heterocycles. The third kappa shape index (κ3) is 6.59. The van der Waals surface area contributed by atoms with Crippen molar-refractivity contribution < 1.29 is 9.53 Å². The van der Waals surface area contributed by atoms with Gasteiger partial charge in [-0.25, -0.2) is 0 Å². The van der Waals surface area contributed by atoms with E-state index in [-0.39, 0.29) is 24.4 Å². The summed E-state index contributed by atoms with van der Waals surface area (Å²) < 4.78 is 5.08. The molecule has 0 spiro atoms. The Kier molecular flexibility index (Phi) is 9.40. The molecule has 1 aliphatic rings. The molecule has 1 aliphatic carbocycles. The Morgan fingerprint density at radius 3 is 2.58 bits per heavy atom. The molecule has 5 heteroatoms. The fourth-order valence-electron chi connectivity index (χ4n) is 2.63. The van der Waals surface area contributed by atoms with Crippen molar-refractivity contribution in [3.8, 4) is 0 Å². The molecular formula is C14H29ClN2O2. The Labute approximate surface area is 123 Å². The number of methoxy groups -OCH3 is 1. The van der Waals surface area contributed by atoms with Gasteiger partial charge < -0.3 is 15.4 Å². The predicted octanol–water partition coefficient (Wildman–Crippen LogP) is 2.06. The summed E-state index contributed by atoms with van der Waals surface area (Å²) in [5.41, 5.74) is 6.03. The topological polar surface area (TPSA) is 55.6 Å². The van der Waals surface area contributed by atoms with Crippen LogP contribution in [0.4, 0.5) is 0 Å². The second-order valence-electron chi connectivity index (χ2n) is 5.79. The van der Waals surface area contributed by atoms with E-state index in [0.717, 1.165) is 19.4 Å². The summed E-state index contributed by atoms with van der Waals surface area (Å²) in [5.74, 6) is 1.11. The van der Waals surface area contributed by atoms with Crippen molar-refractivity contribution >= 4 is 18.3 Å². The molecule has 2 atom stereocenters. The van der Waals surface area contributed by atoms with Crippen LogP contribution in [0.15, 0.2) is 0 Å². The van der Waals surface area contributed by atoms with Crippen LogP contribution >= 0.6 is 12.4 Å². The SMILES string of the molecule is COCCN(CC(C)C)C(=O)C[C@@H]1CCC[C@H]1N.Cl. The zero-order chi connectivity index (χ0) is 13.5. The van der Waals surface area contributed by atoms with Crippen molar-refractivity contribution in [2.45, 2.75) is 45.6 Å². The summed E-state index contributed by atoms with van der Waals surface area (Å²) >= 11 is 0. The zero-order valence-electron chi connectivity index (χ0n) is 12.4. The number of amides is 1. The minimum atomic E-state index is 0. The van der Waals surface area contributed by atoms with Crippen molar-refractivity contribution in [1.82, 2.24) is 4.90 Å². The van der Waals surface area contributed by atoms with Gasteiger partial charge in [0.1, 0.15) is 0 Å². The summed E-state index contributed by atoms with van der Waals surface area (Å²) in [6, 6.07) is 0.220. The molecule has 2 N–H and O–H groups in total. The number of ether oxygens (including phenoxy) is 1. The molecule has 0 heterocycles. The van der Waals surface area contributed by atoms with Gasteiger partial charge in [-0.1, -0.05) is 20.3 Å². The number of nitrogens with zero attached hydrogens (tertiary/aromatic N) is 1. The number of hydrogen-bond donors (Lipinski definition) is 1. The van der Waals surface area contributed by atoms with Crippen LogP contribution in [0.1, 0.15) is 39.5 Å². The van der Waals surface area contributed by atoms with Gasteiger partial charge in [-0.15, -0.1) is 12.4 Å². The van der Waals surface area contributed by atoms with Crippen LogP contribution in [0.25, 0.3) is 0 Å². The lowest BCUT2D eigenvalue weighted by Crippen LogP contribution is -2.39. The minimum Gasteiger partial charge on any atom is -0.383 e. The molecule has 0 aromatic heterocycles. The molecule has 1 fully saturated rings. The highest BCUT2D eigenvalue weighted by Crippen LogP contribution is 2.27. The molecule has 1 saturated carbocycles. The number of carbonyl (C=O) groups excluding carboxylic acids is 1. The molecule has 0 bridgehead atoms. The quantitative estimate of drug-likeness (QED) is 0.781. The summed E-state index contributed by atoms with van der Waals surface area (Å²) in [4.78, 5) is 14.2. The van der Waals surface area contributed by atoms with E-state index in [0.29, 0.717) is 31.4 Å². The molecule has 4 nitrogen and oxygen atoms in total. The smallest absolute Gasteiger partial charge is 0.222 e. The Bertz CT molecular complexity index is 262. The minimum absolute atomic E-state index is 0. The maximum atomic E-state index is 12.3. The maximum Gasteiger partial charge on any atom is 0.222 e. The second kappa shape index (κ2) is 9.56. The first-order valence-electron chi connectivity index (χ1n) is 7.07. The van der Waals surface area contributed by atoms with Gasteiger partial charge in [0, 0.05) is 32.7 Å². The summed E-state index contributed by atoms with van der Waals surface area (Å²) in [6.45, 7) is 6.37. The largest absolute Gasteiger partial charge is 0.383 e. The van der Waals surface area contributed by atoms with Gasteiger partial charge in [-0.3, -0.25) is 4.79 Å². The molecule has 0 aromatic rings. The highest BCUT2D eigenvalue weighted by molar-refractivity contribution is 5.85. The Morgan fingerprint density at radius 2 is 2.11 bits per heavy atom. The third-order valence-corrected chi connectivity index (χ3v) is 3.66. The lowest BCUT2D eigenvalue weighted by Gasteiger charge is -2.26. The van der Waals surface area contributed by atoms with E-state index >= 15 is 0 Å². The van der Waals surface area contributed by atoms with Crippen LogP contribution < -0.4 is 5.73 Å². The van der Waals surface area contributed by atoms with Gasteiger partial charge in [-0.2, -0.15) is 0 Å². The van der Waals surface area contributed by atoms with E-state index in [9.17, 15) is 4.79 Å². The van der Waals surface area contributed by atoms with Crippen molar-refractivity contribution in [2.75, 3.05) is 26.8 Å². The molecule has 1 rings (SSSR count). The number of hydrogen-bond acceptors (Lipinski definition) is 3. The van der Waals surface area contributed by atoms with E-state index in [2.05, 4.69) is 13.8 Å². The molecule has 0 aromatic carbocycles. The Balaban J connectivity index is 0.00000324. The summed E-state index contributed by atoms with van der Waals surface area (Å²) in [7, 11) is 1.67. The van der Waals surface area contributed by atoms with Crippen LogP contribution in [0, 0.1) is 11.8 Å².